The molecule has 1 aromatic carbocycles. The number of ether oxygens (including phenoxy) is 2. The van der Waals surface area contributed by atoms with Gasteiger partial charge in [0.05, 0.1) is 6.10 Å². The van der Waals surface area contributed by atoms with E-state index in [-0.39, 0.29) is 12.1 Å². The van der Waals surface area contributed by atoms with Gasteiger partial charge in [-0.2, -0.15) is 0 Å². The third-order valence-electron chi connectivity index (χ3n) is 5.10. The first-order valence-electron chi connectivity index (χ1n) is 9.92. The number of unbranched alkanes of at least 4 members (excludes halogenated alkanes) is 2. The number of amides is 1. The van der Waals surface area contributed by atoms with Gasteiger partial charge in [0.25, 0.3) is 0 Å². The molecule has 1 aromatic rings. The van der Waals surface area contributed by atoms with E-state index in [4.69, 9.17) is 21.1 Å². The van der Waals surface area contributed by atoms with Gasteiger partial charge in [-0.3, -0.25) is 0 Å². The molecule has 5 nitrogen and oxygen atoms in total. The van der Waals surface area contributed by atoms with Crippen molar-refractivity contribution < 1.29 is 14.3 Å². The molecule has 0 unspecified atom stereocenters. The first-order chi connectivity index (χ1) is 13.0. The summed E-state index contributed by atoms with van der Waals surface area (Å²) in [4.78, 5) is 16.3. The molecule has 27 heavy (non-hydrogen) atoms. The maximum Gasteiger partial charge on any atom is 0.415 e. The van der Waals surface area contributed by atoms with Crippen molar-refractivity contribution in [1.82, 2.24) is 9.80 Å². The van der Waals surface area contributed by atoms with Crippen LogP contribution in [0.5, 0.6) is 5.75 Å². The molecule has 0 aromatic heterocycles. The molecule has 0 bridgehead atoms. The SMILES string of the molecule is CN(C)CCCCCOC1CCC(N(C)C(=O)Oc2ccc(Cl)cc2)CC1. The standard InChI is InChI=1S/C21H33ClN2O3/c1-23(2)15-5-4-6-16-26-19-13-9-18(10-14-19)24(3)21(25)27-20-11-7-17(22)8-12-20/h7-8,11-12,18-19H,4-6,9-10,13-16H2,1-3H3. The normalized spacial score (nSPS) is 19.9. The number of nitrogens with zero attached hydrogens (tertiary/aromatic N) is 2. The van der Waals surface area contributed by atoms with E-state index < -0.39 is 0 Å². The average Bonchev–Trinajstić information content (AvgIpc) is 2.66. The molecule has 0 radical (unpaired) electrons. The van der Waals surface area contributed by atoms with Crippen LogP contribution in [0.15, 0.2) is 24.3 Å². The monoisotopic (exact) mass is 396 g/mol. The zero-order valence-electron chi connectivity index (χ0n) is 16.8. The van der Waals surface area contributed by atoms with Crippen molar-refractivity contribution in [3.05, 3.63) is 29.3 Å². The Morgan fingerprint density at radius 3 is 2.33 bits per heavy atom. The number of hydrogen-bond acceptors (Lipinski definition) is 4. The van der Waals surface area contributed by atoms with E-state index in [0.29, 0.717) is 16.9 Å². The van der Waals surface area contributed by atoms with Crippen LogP contribution in [-0.2, 0) is 4.74 Å². The van der Waals surface area contributed by atoms with E-state index in [0.717, 1.165) is 45.3 Å². The smallest absolute Gasteiger partial charge is 0.410 e. The molecule has 6 heteroatoms. The summed E-state index contributed by atoms with van der Waals surface area (Å²) in [6, 6.07) is 7.06. The Labute approximate surface area is 168 Å². The Balaban J connectivity index is 1.62. The van der Waals surface area contributed by atoms with Gasteiger partial charge in [-0.15, -0.1) is 0 Å². The molecule has 0 aliphatic heterocycles. The van der Waals surface area contributed by atoms with Crippen molar-refractivity contribution in [3.63, 3.8) is 0 Å². The quantitative estimate of drug-likeness (QED) is 0.560. The highest BCUT2D eigenvalue weighted by molar-refractivity contribution is 6.30. The van der Waals surface area contributed by atoms with Crippen LogP contribution in [0.2, 0.25) is 5.02 Å². The second kappa shape index (κ2) is 11.5. The van der Waals surface area contributed by atoms with Crippen LogP contribution in [0, 0.1) is 0 Å². The number of rotatable bonds is 9. The molecule has 1 aliphatic rings. The largest absolute Gasteiger partial charge is 0.415 e. The topological polar surface area (TPSA) is 42.0 Å². The van der Waals surface area contributed by atoms with Gasteiger partial charge >= 0.3 is 6.09 Å². The van der Waals surface area contributed by atoms with Crippen molar-refractivity contribution in [3.8, 4) is 5.75 Å². The van der Waals surface area contributed by atoms with Gasteiger partial charge in [-0.05, 0) is 89.9 Å². The minimum Gasteiger partial charge on any atom is -0.410 e. The number of carbonyl (C=O) groups is 1. The average molecular weight is 397 g/mol. The van der Waals surface area contributed by atoms with Gasteiger partial charge < -0.3 is 19.3 Å². The molecule has 1 fully saturated rings. The van der Waals surface area contributed by atoms with Gasteiger partial charge in [0.15, 0.2) is 0 Å². The van der Waals surface area contributed by atoms with Gasteiger partial charge in [0, 0.05) is 24.7 Å². The first-order valence-corrected chi connectivity index (χ1v) is 10.3. The van der Waals surface area contributed by atoms with E-state index in [1.54, 1.807) is 29.2 Å². The maximum atomic E-state index is 12.3. The fourth-order valence-electron chi connectivity index (χ4n) is 3.38. The number of carbonyl (C=O) groups excluding carboxylic acids is 1. The zero-order chi connectivity index (χ0) is 19.6. The highest BCUT2D eigenvalue weighted by atomic mass is 35.5. The highest BCUT2D eigenvalue weighted by Crippen LogP contribution is 2.25. The Morgan fingerprint density at radius 2 is 1.70 bits per heavy atom. The first kappa shape index (κ1) is 22.0. The van der Waals surface area contributed by atoms with Crippen molar-refractivity contribution in [2.24, 2.45) is 0 Å². The maximum absolute atomic E-state index is 12.3. The fourth-order valence-corrected chi connectivity index (χ4v) is 3.51. The van der Waals surface area contributed by atoms with Crippen LogP contribution < -0.4 is 4.74 Å². The predicted molar refractivity (Wildman–Crippen MR) is 110 cm³/mol. The summed E-state index contributed by atoms with van der Waals surface area (Å²) in [5.74, 6) is 0.516. The molecule has 1 saturated carbocycles. The lowest BCUT2D eigenvalue weighted by atomic mass is 9.92. The van der Waals surface area contributed by atoms with E-state index in [1.165, 1.54) is 12.8 Å². The third kappa shape index (κ3) is 8.08. The second-order valence-corrected chi connectivity index (χ2v) is 8.03. The molecular weight excluding hydrogens is 364 g/mol. The summed E-state index contributed by atoms with van der Waals surface area (Å²) in [7, 11) is 6.03. The van der Waals surface area contributed by atoms with Crippen LogP contribution in [0.25, 0.3) is 0 Å². The Kier molecular flexibility index (Phi) is 9.39. The molecule has 2 rings (SSSR count). The molecule has 0 atom stereocenters. The van der Waals surface area contributed by atoms with Crippen molar-refractivity contribution in [2.45, 2.75) is 57.1 Å². The summed E-state index contributed by atoms with van der Waals surface area (Å²) in [6.07, 6.45) is 7.49. The lowest BCUT2D eigenvalue weighted by molar-refractivity contribution is 0.0104. The summed E-state index contributed by atoms with van der Waals surface area (Å²) in [6.45, 7) is 1.99. The molecule has 0 N–H and O–H groups in total. The van der Waals surface area contributed by atoms with Crippen LogP contribution in [0.3, 0.4) is 0 Å². The van der Waals surface area contributed by atoms with E-state index >= 15 is 0 Å². The highest BCUT2D eigenvalue weighted by Gasteiger charge is 2.27. The summed E-state index contributed by atoms with van der Waals surface area (Å²) >= 11 is 5.86. The molecule has 0 saturated heterocycles. The number of hydrogen-bond donors (Lipinski definition) is 0. The van der Waals surface area contributed by atoms with Gasteiger partial charge in [0.1, 0.15) is 5.75 Å². The number of halogens is 1. The minimum atomic E-state index is -0.317. The van der Waals surface area contributed by atoms with E-state index in [1.807, 2.05) is 7.05 Å². The van der Waals surface area contributed by atoms with Crippen LogP contribution in [-0.4, -0.2) is 62.3 Å². The minimum absolute atomic E-state index is 0.213. The van der Waals surface area contributed by atoms with Crippen molar-refractivity contribution in [2.75, 3.05) is 34.3 Å². The molecular formula is C21H33ClN2O3. The molecule has 152 valence electrons. The summed E-state index contributed by atoms with van der Waals surface area (Å²) in [5, 5.41) is 0.624. The van der Waals surface area contributed by atoms with Crippen LogP contribution >= 0.6 is 11.6 Å². The third-order valence-corrected chi connectivity index (χ3v) is 5.35. The molecule has 1 amide bonds. The van der Waals surface area contributed by atoms with Gasteiger partial charge in [0.2, 0.25) is 0 Å². The second-order valence-electron chi connectivity index (χ2n) is 7.60. The zero-order valence-corrected chi connectivity index (χ0v) is 17.6. The van der Waals surface area contributed by atoms with Crippen LogP contribution in [0.1, 0.15) is 44.9 Å². The van der Waals surface area contributed by atoms with Gasteiger partial charge in [-0.1, -0.05) is 11.6 Å². The summed E-state index contributed by atoms with van der Waals surface area (Å²) < 4.78 is 11.4. The van der Waals surface area contributed by atoms with Crippen LogP contribution in [0.4, 0.5) is 4.79 Å². The van der Waals surface area contributed by atoms with Gasteiger partial charge in [-0.25, -0.2) is 4.79 Å². The van der Waals surface area contributed by atoms with Crippen molar-refractivity contribution in [1.29, 1.82) is 0 Å². The molecule has 0 spiro atoms. The van der Waals surface area contributed by atoms with E-state index in [2.05, 4.69) is 19.0 Å². The molecule has 0 heterocycles. The Bertz CT molecular complexity index is 557. The lowest BCUT2D eigenvalue weighted by Crippen LogP contribution is -2.42. The summed E-state index contributed by atoms with van der Waals surface area (Å²) in [5.41, 5.74) is 0. The Morgan fingerprint density at radius 1 is 1.04 bits per heavy atom. The van der Waals surface area contributed by atoms with E-state index in [9.17, 15) is 4.79 Å². The Hall–Kier alpha value is -1.30. The predicted octanol–water partition coefficient (Wildman–Crippen LogP) is 4.83. The van der Waals surface area contributed by atoms with Crippen molar-refractivity contribution >= 4 is 17.7 Å². The fraction of sp³-hybridized carbons (Fsp3) is 0.667. The lowest BCUT2D eigenvalue weighted by Gasteiger charge is -2.34. The molecule has 1 aliphatic carbocycles. The number of benzene rings is 1.